The van der Waals surface area contributed by atoms with Gasteiger partial charge in [-0.1, -0.05) is 0 Å². The van der Waals surface area contributed by atoms with Crippen molar-refractivity contribution in [3.05, 3.63) is 0 Å². The lowest BCUT2D eigenvalue weighted by molar-refractivity contribution is 0.101. The summed E-state index contributed by atoms with van der Waals surface area (Å²) in [5, 5.41) is 3.27. The van der Waals surface area contributed by atoms with Gasteiger partial charge in [0, 0.05) is 44.2 Å². The molecule has 5 heteroatoms. The smallest absolute Gasteiger partial charge is 0.0591 e. The summed E-state index contributed by atoms with van der Waals surface area (Å²) in [7, 11) is 1.69. The van der Waals surface area contributed by atoms with E-state index in [1.807, 2.05) is 6.92 Å². The number of nitrogens with one attached hydrogen (secondary N) is 1. The van der Waals surface area contributed by atoms with E-state index in [-0.39, 0.29) is 5.54 Å². The van der Waals surface area contributed by atoms with Gasteiger partial charge in [0.05, 0.1) is 6.61 Å². The fourth-order valence-corrected chi connectivity index (χ4v) is 1.44. The first kappa shape index (κ1) is 15.5. The van der Waals surface area contributed by atoms with Crippen LogP contribution < -0.4 is 5.32 Å². The summed E-state index contributed by atoms with van der Waals surface area (Å²) in [5.74, 6) is 1.00. The third kappa shape index (κ3) is 8.29. The molecular formula is C10H21Cl2NO2. The van der Waals surface area contributed by atoms with Crippen molar-refractivity contribution in [1.29, 1.82) is 0 Å². The molecule has 0 aromatic heterocycles. The Morgan fingerprint density at radius 2 is 1.80 bits per heavy atom. The van der Waals surface area contributed by atoms with Crippen LogP contribution in [0.1, 0.15) is 13.3 Å². The zero-order valence-corrected chi connectivity index (χ0v) is 11.0. The van der Waals surface area contributed by atoms with Gasteiger partial charge in [0.2, 0.25) is 0 Å². The second-order valence-electron chi connectivity index (χ2n) is 3.71. The Hall–Kier alpha value is 0.460. The van der Waals surface area contributed by atoms with Crippen LogP contribution in [0.15, 0.2) is 0 Å². The van der Waals surface area contributed by atoms with Gasteiger partial charge in [0.15, 0.2) is 0 Å². The van der Waals surface area contributed by atoms with E-state index in [1.54, 1.807) is 7.11 Å². The van der Waals surface area contributed by atoms with Gasteiger partial charge in [-0.05, 0) is 13.3 Å². The molecule has 0 radical (unpaired) electrons. The molecule has 0 amide bonds. The highest BCUT2D eigenvalue weighted by Crippen LogP contribution is 2.07. The Bertz CT molecular complexity index is 143. The maximum Gasteiger partial charge on any atom is 0.0591 e. The Morgan fingerprint density at radius 1 is 1.13 bits per heavy atom. The summed E-state index contributed by atoms with van der Waals surface area (Å²) in [6.07, 6.45) is 0.929. The lowest BCUT2D eigenvalue weighted by atomic mass is 10.1. The molecule has 15 heavy (non-hydrogen) atoms. The quantitative estimate of drug-likeness (QED) is 0.479. The van der Waals surface area contributed by atoms with Gasteiger partial charge >= 0.3 is 0 Å². The molecule has 0 aromatic carbocycles. The number of ether oxygens (including phenoxy) is 2. The van der Waals surface area contributed by atoms with E-state index in [4.69, 9.17) is 32.7 Å². The third-order valence-electron chi connectivity index (χ3n) is 2.03. The molecule has 0 saturated heterocycles. The number of halogens is 2. The SMILES string of the molecule is COCCCOCCNC(C)(CCl)CCl. The van der Waals surface area contributed by atoms with Crippen LogP contribution in [-0.2, 0) is 9.47 Å². The zero-order valence-electron chi connectivity index (χ0n) is 9.52. The molecule has 0 rings (SSSR count). The van der Waals surface area contributed by atoms with Gasteiger partial charge in [-0.25, -0.2) is 0 Å². The van der Waals surface area contributed by atoms with Crippen molar-refractivity contribution in [3.8, 4) is 0 Å². The molecule has 92 valence electrons. The van der Waals surface area contributed by atoms with Crippen molar-refractivity contribution in [3.63, 3.8) is 0 Å². The summed E-state index contributed by atoms with van der Waals surface area (Å²) in [5.41, 5.74) is -0.195. The largest absolute Gasteiger partial charge is 0.385 e. The van der Waals surface area contributed by atoms with Crippen molar-refractivity contribution < 1.29 is 9.47 Å². The van der Waals surface area contributed by atoms with Gasteiger partial charge < -0.3 is 14.8 Å². The molecule has 0 unspecified atom stereocenters. The molecular weight excluding hydrogens is 237 g/mol. The number of hydrogen-bond donors (Lipinski definition) is 1. The summed E-state index contributed by atoms with van der Waals surface area (Å²) < 4.78 is 10.3. The third-order valence-corrected chi connectivity index (χ3v) is 3.20. The minimum atomic E-state index is -0.195. The fraction of sp³-hybridized carbons (Fsp3) is 1.00. The molecule has 0 bridgehead atoms. The molecule has 0 atom stereocenters. The molecule has 0 spiro atoms. The van der Waals surface area contributed by atoms with Gasteiger partial charge in [0.25, 0.3) is 0 Å². The predicted molar refractivity (Wildman–Crippen MR) is 65.2 cm³/mol. The van der Waals surface area contributed by atoms with Crippen LogP contribution in [0.25, 0.3) is 0 Å². The molecule has 0 aliphatic carbocycles. The van der Waals surface area contributed by atoms with E-state index in [1.165, 1.54) is 0 Å². The van der Waals surface area contributed by atoms with E-state index in [9.17, 15) is 0 Å². The first-order valence-corrected chi connectivity index (χ1v) is 6.19. The number of methoxy groups -OCH3 is 1. The van der Waals surface area contributed by atoms with E-state index in [0.29, 0.717) is 18.4 Å². The van der Waals surface area contributed by atoms with Crippen molar-refractivity contribution in [1.82, 2.24) is 5.32 Å². The van der Waals surface area contributed by atoms with Crippen LogP contribution in [0.2, 0.25) is 0 Å². The zero-order chi connectivity index (χ0) is 11.6. The molecule has 0 heterocycles. The molecule has 1 N–H and O–H groups in total. The van der Waals surface area contributed by atoms with Crippen molar-refractivity contribution in [2.75, 3.05) is 45.2 Å². The monoisotopic (exact) mass is 257 g/mol. The molecule has 0 aliphatic rings. The molecule has 0 saturated carbocycles. The van der Waals surface area contributed by atoms with Crippen LogP contribution in [0.5, 0.6) is 0 Å². The Morgan fingerprint density at radius 3 is 2.33 bits per heavy atom. The summed E-state index contributed by atoms with van der Waals surface area (Å²) in [6, 6.07) is 0. The predicted octanol–water partition coefficient (Wildman–Crippen LogP) is 1.87. The van der Waals surface area contributed by atoms with Crippen molar-refractivity contribution >= 4 is 23.2 Å². The highest BCUT2D eigenvalue weighted by Gasteiger charge is 2.20. The van der Waals surface area contributed by atoms with Crippen LogP contribution in [0.3, 0.4) is 0 Å². The minimum Gasteiger partial charge on any atom is -0.385 e. The molecule has 0 fully saturated rings. The van der Waals surface area contributed by atoms with Crippen molar-refractivity contribution in [2.24, 2.45) is 0 Å². The standard InChI is InChI=1S/C10H21Cl2NO2/c1-10(8-11,9-12)13-4-7-15-6-3-5-14-2/h13H,3-9H2,1-2H3. The second-order valence-corrected chi connectivity index (χ2v) is 4.25. The van der Waals surface area contributed by atoms with E-state index >= 15 is 0 Å². The van der Waals surface area contributed by atoms with Crippen LogP contribution in [0, 0.1) is 0 Å². The van der Waals surface area contributed by atoms with Gasteiger partial charge in [-0.2, -0.15) is 0 Å². The highest BCUT2D eigenvalue weighted by molar-refractivity contribution is 6.22. The second kappa shape index (κ2) is 9.67. The average molecular weight is 258 g/mol. The highest BCUT2D eigenvalue weighted by atomic mass is 35.5. The topological polar surface area (TPSA) is 30.5 Å². The number of alkyl halides is 2. The maximum absolute atomic E-state index is 5.79. The fourth-order valence-electron chi connectivity index (χ4n) is 0.963. The molecule has 0 aliphatic heterocycles. The van der Waals surface area contributed by atoms with Gasteiger partial charge in [-0.15, -0.1) is 23.2 Å². The summed E-state index contributed by atoms with van der Waals surface area (Å²) in [4.78, 5) is 0. The number of rotatable bonds is 10. The lowest BCUT2D eigenvalue weighted by Crippen LogP contribution is -2.47. The van der Waals surface area contributed by atoms with Crippen molar-refractivity contribution in [2.45, 2.75) is 18.9 Å². The summed E-state index contributed by atoms with van der Waals surface area (Å²) in [6.45, 7) is 4.91. The van der Waals surface area contributed by atoms with E-state index in [2.05, 4.69) is 5.32 Å². The molecule has 0 aromatic rings. The van der Waals surface area contributed by atoms with Crippen LogP contribution in [0.4, 0.5) is 0 Å². The van der Waals surface area contributed by atoms with Gasteiger partial charge in [0.1, 0.15) is 0 Å². The Balaban J connectivity index is 3.29. The van der Waals surface area contributed by atoms with Crippen LogP contribution in [-0.4, -0.2) is 50.8 Å². The number of hydrogen-bond acceptors (Lipinski definition) is 3. The average Bonchev–Trinajstić information content (AvgIpc) is 2.27. The maximum atomic E-state index is 5.79. The van der Waals surface area contributed by atoms with Gasteiger partial charge in [-0.3, -0.25) is 0 Å². The molecule has 3 nitrogen and oxygen atoms in total. The lowest BCUT2D eigenvalue weighted by Gasteiger charge is -2.25. The summed E-state index contributed by atoms with van der Waals surface area (Å²) >= 11 is 11.6. The minimum absolute atomic E-state index is 0.195. The van der Waals surface area contributed by atoms with E-state index < -0.39 is 0 Å². The first-order chi connectivity index (χ1) is 7.18. The Labute approximate surface area is 102 Å². The van der Waals surface area contributed by atoms with Crippen LogP contribution >= 0.6 is 23.2 Å². The van der Waals surface area contributed by atoms with E-state index in [0.717, 1.165) is 26.2 Å². The normalized spacial score (nSPS) is 12.0. The Kier molecular flexibility index (Phi) is 9.97. The first-order valence-electron chi connectivity index (χ1n) is 5.12.